The molecule has 1 aliphatic rings. The van der Waals surface area contributed by atoms with E-state index in [2.05, 4.69) is 52.2 Å². The second-order valence-corrected chi connectivity index (χ2v) is 7.72. The van der Waals surface area contributed by atoms with Crippen molar-refractivity contribution in [2.45, 2.75) is 31.6 Å². The molecule has 4 nitrogen and oxygen atoms in total. The highest BCUT2D eigenvalue weighted by Gasteiger charge is 2.31. The highest BCUT2D eigenvalue weighted by atomic mass is 16.3. The Kier molecular flexibility index (Phi) is 5.94. The smallest absolute Gasteiger partial charge is 0.213 e. The van der Waals surface area contributed by atoms with Gasteiger partial charge in [-0.15, -0.1) is 12.3 Å². The summed E-state index contributed by atoms with van der Waals surface area (Å²) in [7, 11) is 0. The van der Waals surface area contributed by atoms with E-state index in [-0.39, 0.29) is 11.8 Å². The van der Waals surface area contributed by atoms with Crippen molar-refractivity contribution in [3.63, 3.8) is 0 Å². The largest absolute Gasteiger partial charge is 0.439 e. The van der Waals surface area contributed by atoms with Crippen LogP contribution < -0.4 is 0 Å². The minimum Gasteiger partial charge on any atom is -0.439 e. The van der Waals surface area contributed by atoms with Crippen molar-refractivity contribution in [1.29, 1.82) is 5.26 Å². The molecule has 1 saturated heterocycles. The molecule has 0 spiro atoms. The molecule has 0 N–H and O–H groups in total. The van der Waals surface area contributed by atoms with Crippen LogP contribution in [0.25, 0.3) is 11.1 Å². The summed E-state index contributed by atoms with van der Waals surface area (Å²) in [4.78, 5) is 7.17. The van der Waals surface area contributed by atoms with Gasteiger partial charge in [0.15, 0.2) is 5.58 Å². The monoisotopic (exact) mass is 383 g/mol. The van der Waals surface area contributed by atoms with E-state index in [0.717, 1.165) is 50.0 Å². The Bertz CT molecular complexity index is 1030. The van der Waals surface area contributed by atoms with Crippen LogP contribution in [0.4, 0.5) is 0 Å². The molecule has 1 fully saturated rings. The fourth-order valence-corrected chi connectivity index (χ4v) is 4.21. The SMILES string of the molecule is C#CCc1cccc2oc(C(C#N)C3CCN(CCc4ccccc4)CC3)nc12. The summed E-state index contributed by atoms with van der Waals surface area (Å²) in [6, 6.07) is 18.9. The van der Waals surface area contributed by atoms with Crippen molar-refractivity contribution in [1.82, 2.24) is 9.88 Å². The Balaban J connectivity index is 1.41. The number of terminal acetylenes is 1. The fourth-order valence-electron chi connectivity index (χ4n) is 4.21. The molecule has 2 aromatic carbocycles. The number of piperidine rings is 1. The third-order valence-corrected chi connectivity index (χ3v) is 5.88. The number of aromatic nitrogens is 1. The minimum absolute atomic E-state index is 0.275. The number of fused-ring (bicyclic) bond motifs is 1. The van der Waals surface area contributed by atoms with Crippen molar-refractivity contribution in [3.8, 4) is 18.4 Å². The van der Waals surface area contributed by atoms with E-state index < -0.39 is 0 Å². The van der Waals surface area contributed by atoms with E-state index in [1.807, 2.05) is 18.2 Å². The van der Waals surface area contributed by atoms with Crippen molar-refractivity contribution >= 4 is 11.1 Å². The van der Waals surface area contributed by atoms with Crippen molar-refractivity contribution < 1.29 is 4.42 Å². The maximum atomic E-state index is 9.85. The van der Waals surface area contributed by atoms with Crippen molar-refractivity contribution in [3.05, 3.63) is 65.5 Å². The average Bonchev–Trinajstić information content (AvgIpc) is 3.19. The Morgan fingerprint density at radius 3 is 2.66 bits per heavy atom. The number of para-hydroxylation sites is 1. The molecule has 0 radical (unpaired) electrons. The first-order valence-electron chi connectivity index (χ1n) is 10.3. The molecule has 2 heterocycles. The van der Waals surface area contributed by atoms with E-state index in [1.54, 1.807) is 0 Å². The van der Waals surface area contributed by atoms with Crippen LogP contribution in [0.5, 0.6) is 0 Å². The first kappa shape index (κ1) is 19.2. The summed E-state index contributed by atoms with van der Waals surface area (Å²) in [5, 5.41) is 9.85. The standard InChI is InChI=1S/C25H25N3O/c1-2-7-21-10-6-11-23-24(21)27-25(29-23)22(18-26)20-13-16-28(17-14-20)15-12-19-8-4-3-5-9-19/h1,3-6,8-11,20,22H,7,12-17H2. The molecule has 4 rings (SSSR count). The molecule has 0 saturated carbocycles. The Morgan fingerprint density at radius 1 is 1.14 bits per heavy atom. The molecule has 1 aliphatic heterocycles. The maximum Gasteiger partial charge on any atom is 0.213 e. The number of hydrogen-bond acceptors (Lipinski definition) is 4. The van der Waals surface area contributed by atoms with Crippen LogP contribution >= 0.6 is 0 Å². The molecule has 4 heteroatoms. The van der Waals surface area contributed by atoms with Crippen LogP contribution in [0.3, 0.4) is 0 Å². The number of benzene rings is 2. The van der Waals surface area contributed by atoms with Gasteiger partial charge in [0.1, 0.15) is 11.4 Å². The topological polar surface area (TPSA) is 53.1 Å². The van der Waals surface area contributed by atoms with Crippen LogP contribution in [-0.2, 0) is 12.8 Å². The zero-order chi connectivity index (χ0) is 20.1. The average molecular weight is 383 g/mol. The molecule has 29 heavy (non-hydrogen) atoms. The molecule has 1 unspecified atom stereocenters. The molecule has 1 aromatic heterocycles. The normalized spacial score (nSPS) is 16.3. The number of nitrogens with zero attached hydrogens (tertiary/aromatic N) is 3. The van der Waals surface area contributed by atoms with Gasteiger partial charge < -0.3 is 9.32 Å². The maximum absolute atomic E-state index is 9.85. The number of hydrogen-bond donors (Lipinski definition) is 0. The van der Waals surface area contributed by atoms with Gasteiger partial charge in [0.2, 0.25) is 5.89 Å². The number of likely N-dealkylation sites (tertiary alicyclic amines) is 1. The third kappa shape index (κ3) is 4.34. The summed E-state index contributed by atoms with van der Waals surface area (Å²) in [6.07, 6.45) is 9.03. The predicted octanol–water partition coefficient (Wildman–Crippen LogP) is 4.57. The van der Waals surface area contributed by atoms with Gasteiger partial charge >= 0.3 is 0 Å². The van der Waals surface area contributed by atoms with Crippen LogP contribution in [-0.4, -0.2) is 29.5 Å². The molecule has 146 valence electrons. The van der Waals surface area contributed by atoms with Gasteiger partial charge in [-0.2, -0.15) is 5.26 Å². The third-order valence-electron chi connectivity index (χ3n) is 5.88. The second-order valence-electron chi connectivity index (χ2n) is 7.72. The summed E-state index contributed by atoms with van der Waals surface area (Å²) < 4.78 is 5.98. The van der Waals surface area contributed by atoms with Gasteiger partial charge in [0.25, 0.3) is 0 Å². The van der Waals surface area contributed by atoms with E-state index in [1.165, 1.54) is 5.56 Å². The van der Waals surface area contributed by atoms with E-state index in [9.17, 15) is 5.26 Å². The molecular formula is C25H25N3O. The van der Waals surface area contributed by atoms with E-state index in [0.29, 0.717) is 17.9 Å². The molecule has 0 bridgehead atoms. The number of rotatable bonds is 6. The highest BCUT2D eigenvalue weighted by molar-refractivity contribution is 5.77. The summed E-state index contributed by atoms with van der Waals surface area (Å²) in [5.41, 5.74) is 3.86. The van der Waals surface area contributed by atoms with Crippen LogP contribution in [0.1, 0.15) is 35.8 Å². The van der Waals surface area contributed by atoms with Crippen molar-refractivity contribution in [2.24, 2.45) is 5.92 Å². The molecule has 1 atom stereocenters. The van der Waals surface area contributed by atoms with E-state index in [4.69, 9.17) is 10.8 Å². The Morgan fingerprint density at radius 2 is 1.93 bits per heavy atom. The first-order valence-corrected chi connectivity index (χ1v) is 10.3. The van der Waals surface area contributed by atoms with Gasteiger partial charge in [0.05, 0.1) is 6.07 Å². The zero-order valence-corrected chi connectivity index (χ0v) is 16.6. The molecule has 3 aromatic rings. The fraction of sp³-hybridized carbons (Fsp3) is 0.360. The Hall–Kier alpha value is -3.08. The van der Waals surface area contributed by atoms with Gasteiger partial charge in [0, 0.05) is 13.0 Å². The lowest BCUT2D eigenvalue weighted by Crippen LogP contribution is -2.36. The summed E-state index contributed by atoms with van der Waals surface area (Å²) in [6.45, 7) is 3.09. The van der Waals surface area contributed by atoms with Crippen molar-refractivity contribution in [2.75, 3.05) is 19.6 Å². The highest BCUT2D eigenvalue weighted by Crippen LogP contribution is 2.34. The second kappa shape index (κ2) is 8.95. The summed E-state index contributed by atoms with van der Waals surface area (Å²) >= 11 is 0. The quantitative estimate of drug-likeness (QED) is 0.585. The number of nitriles is 1. The lowest BCUT2D eigenvalue weighted by molar-refractivity contribution is 0.174. The molecular weight excluding hydrogens is 358 g/mol. The number of oxazole rings is 1. The van der Waals surface area contributed by atoms with Gasteiger partial charge in [-0.25, -0.2) is 4.98 Å². The lowest BCUT2D eigenvalue weighted by atomic mass is 9.85. The van der Waals surface area contributed by atoms with Gasteiger partial charge in [-0.05, 0) is 55.5 Å². The van der Waals surface area contributed by atoms with E-state index >= 15 is 0 Å². The Labute approximate surface area is 172 Å². The van der Waals surface area contributed by atoms with Crippen LogP contribution in [0, 0.1) is 29.6 Å². The van der Waals surface area contributed by atoms with Crippen LogP contribution in [0.15, 0.2) is 52.9 Å². The lowest BCUT2D eigenvalue weighted by Gasteiger charge is -2.33. The van der Waals surface area contributed by atoms with Gasteiger partial charge in [-0.1, -0.05) is 42.5 Å². The molecule has 0 amide bonds. The predicted molar refractivity (Wildman–Crippen MR) is 114 cm³/mol. The summed E-state index contributed by atoms with van der Waals surface area (Å²) in [5.74, 6) is 3.17. The van der Waals surface area contributed by atoms with Crippen LogP contribution in [0.2, 0.25) is 0 Å². The zero-order valence-electron chi connectivity index (χ0n) is 16.6. The molecule has 0 aliphatic carbocycles. The van der Waals surface area contributed by atoms with Gasteiger partial charge in [-0.3, -0.25) is 0 Å². The minimum atomic E-state index is -0.308. The first-order chi connectivity index (χ1) is 14.3.